The standard InChI is InChI=1S/C18H22N4O3/c1-4-8-22-16-14(17(23)20-18(22)24)21(9-10-25-3)15(19-16)13-7-5-6-12(2)11-13/h5-7,11H,4,8-10H2,1-3H3,(H,20,23,24). The molecule has 0 spiro atoms. The molecule has 1 aromatic carbocycles. The van der Waals surface area contributed by atoms with Crippen molar-refractivity contribution in [2.24, 2.45) is 0 Å². The highest BCUT2D eigenvalue weighted by Crippen LogP contribution is 2.23. The molecular formula is C18H22N4O3. The summed E-state index contributed by atoms with van der Waals surface area (Å²) in [5.74, 6) is 0.664. The molecule has 0 bridgehead atoms. The van der Waals surface area contributed by atoms with E-state index in [2.05, 4.69) is 9.97 Å². The summed E-state index contributed by atoms with van der Waals surface area (Å²) in [6, 6.07) is 7.93. The van der Waals surface area contributed by atoms with E-state index < -0.39 is 11.2 Å². The number of fused-ring (bicyclic) bond motifs is 1. The molecule has 0 atom stereocenters. The van der Waals surface area contributed by atoms with Crippen LogP contribution in [0, 0.1) is 6.92 Å². The van der Waals surface area contributed by atoms with Gasteiger partial charge in [-0.1, -0.05) is 30.7 Å². The second-order valence-corrected chi connectivity index (χ2v) is 6.03. The molecule has 0 saturated carbocycles. The molecule has 0 saturated heterocycles. The Balaban J connectivity index is 2.36. The van der Waals surface area contributed by atoms with Crippen LogP contribution in [0.4, 0.5) is 0 Å². The van der Waals surface area contributed by atoms with Crippen LogP contribution < -0.4 is 11.2 Å². The molecule has 2 heterocycles. The summed E-state index contributed by atoms with van der Waals surface area (Å²) in [6.45, 7) is 5.40. The Morgan fingerprint density at radius 2 is 2.00 bits per heavy atom. The molecule has 0 aliphatic rings. The molecule has 0 aliphatic heterocycles. The van der Waals surface area contributed by atoms with Gasteiger partial charge in [0.05, 0.1) is 6.61 Å². The number of aryl methyl sites for hydroxylation is 2. The molecule has 0 radical (unpaired) electrons. The van der Waals surface area contributed by atoms with Crippen molar-refractivity contribution in [3.8, 4) is 11.4 Å². The van der Waals surface area contributed by atoms with Gasteiger partial charge in [-0.15, -0.1) is 0 Å². The Kier molecular flexibility index (Phi) is 4.85. The van der Waals surface area contributed by atoms with E-state index in [-0.39, 0.29) is 0 Å². The van der Waals surface area contributed by atoms with Gasteiger partial charge in [0.15, 0.2) is 11.2 Å². The molecule has 0 aliphatic carbocycles. The van der Waals surface area contributed by atoms with E-state index in [1.165, 1.54) is 4.57 Å². The second kappa shape index (κ2) is 7.06. The molecule has 0 amide bonds. The van der Waals surface area contributed by atoms with Crippen molar-refractivity contribution in [1.82, 2.24) is 19.1 Å². The smallest absolute Gasteiger partial charge is 0.330 e. The average molecular weight is 342 g/mol. The average Bonchev–Trinajstić information content (AvgIpc) is 2.96. The lowest BCUT2D eigenvalue weighted by Crippen LogP contribution is -2.31. The molecule has 7 nitrogen and oxygen atoms in total. The number of H-pyrrole nitrogens is 1. The molecule has 2 aromatic heterocycles. The number of rotatable bonds is 6. The number of nitrogens with zero attached hydrogens (tertiary/aromatic N) is 3. The van der Waals surface area contributed by atoms with Crippen molar-refractivity contribution < 1.29 is 4.74 Å². The van der Waals surface area contributed by atoms with Crippen molar-refractivity contribution >= 4 is 11.2 Å². The first-order valence-corrected chi connectivity index (χ1v) is 8.36. The fourth-order valence-corrected chi connectivity index (χ4v) is 3.01. The first-order valence-electron chi connectivity index (χ1n) is 8.36. The number of methoxy groups -OCH3 is 1. The second-order valence-electron chi connectivity index (χ2n) is 6.03. The lowest BCUT2D eigenvalue weighted by atomic mass is 10.1. The van der Waals surface area contributed by atoms with Crippen LogP contribution >= 0.6 is 0 Å². The quantitative estimate of drug-likeness (QED) is 0.742. The van der Waals surface area contributed by atoms with E-state index in [0.29, 0.717) is 36.7 Å². The van der Waals surface area contributed by atoms with Gasteiger partial charge in [-0.2, -0.15) is 0 Å². The largest absolute Gasteiger partial charge is 0.383 e. The first-order chi connectivity index (χ1) is 12.1. The van der Waals surface area contributed by atoms with Crippen LogP contribution in [0.3, 0.4) is 0 Å². The molecule has 3 aromatic rings. The normalized spacial score (nSPS) is 11.3. The predicted octanol–water partition coefficient (Wildman–Crippen LogP) is 1.92. The third-order valence-electron chi connectivity index (χ3n) is 4.13. The number of hydrogen-bond donors (Lipinski definition) is 1. The number of aromatic nitrogens is 4. The third-order valence-corrected chi connectivity index (χ3v) is 4.13. The van der Waals surface area contributed by atoms with Crippen molar-refractivity contribution in [1.29, 1.82) is 0 Å². The zero-order chi connectivity index (χ0) is 18.0. The van der Waals surface area contributed by atoms with Gasteiger partial charge < -0.3 is 9.30 Å². The van der Waals surface area contributed by atoms with Crippen LogP contribution in [0.25, 0.3) is 22.6 Å². The van der Waals surface area contributed by atoms with Gasteiger partial charge >= 0.3 is 5.69 Å². The maximum absolute atomic E-state index is 12.5. The molecule has 25 heavy (non-hydrogen) atoms. The number of imidazole rings is 1. The zero-order valence-corrected chi connectivity index (χ0v) is 14.7. The summed E-state index contributed by atoms with van der Waals surface area (Å²) in [4.78, 5) is 31.8. The lowest BCUT2D eigenvalue weighted by Gasteiger charge is -2.09. The van der Waals surface area contributed by atoms with E-state index in [9.17, 15) is 9.59 Å². The molecule has 0 unspecified atom stereocenters. The minimum Gasteiger partial charge on any atom is -0.383 e. The molecule has 3 rings (SSSR count). The van der Waals surface area contributed by atoms with Gasteiger partial charge in [0.2, 0.25) is 0 Å². The fraction of sp³-hybridized carbons (Fsp3) is 0.389. The summed E-state index contributed by atoms with van der Waals surface area (Å²) >= 11 is 0. The Labute approximate surface area is 144 Å². The van der Waals surface area contributed by atoms with E-state index in [4.69, 9.17) is 4.74 Å². The number of benzene rings is 1. The summed E-state index contributed by atoms with van der Waals surface area (Å²) in [5.41, 5.74) is 1.98. The van der Waals surface area contributed by atoms with Gasteiger partial charge in [-0.25, -0.2) is 9.78 Å². The fourth-order valence-electron chi connectivity index (χ4n) is 3.01. The highest BCUT2D eigenvalue weighted by Gasteiger charge is 2.19. The Bertz CT molecular complexity index is 1010. The first kappa shape index (κ1) is 17.2. The van der Waals surface area contributed by atoms with E-state index in [1.54, 1.807) is 7.11 Å². The SMILES string of the molecule is CCCn1c(=O)[nH]c(=O)c2c1nc(-c1cccc(C)c1)n2CCOC. The van der Waals surface area contributed by atoms with Crippen LogP contribution in [0.1, 0.15) is 18.9 Å². The summed E-state index contributed by atoms with van der Waals surface area (Å²) in [7, 11) is 1.61. The number of nitrogens with one attached hydrogen (secondary N) is 1. The summed E-state index contributed by atoms with van der Waals surface area (Å²) in [5, 5.41) is 0. The summed E-state index contributed by atoms with van der Waals surface area (Å²) < 4.78 is 8.55. The van der Waals surface area contributed by atoms with Crippen molar-refractivity contribution in [3.05, 3.63) is 50.7 Å². The van der Waals surface area contributed by atoms with Crippen molar-refractivity contribution in [2.75, 3.05) is 13.7 Å². The Hall–Kier alpha value is -2.67. The number of ether oxygens (including phenoxy) is 1. The minimum atomic E-state index is -0.425. The Morgan fingerprint density at radius 1 is 1.20 bits per heavy atom. The topological polar surface area (TPSA) is 81.9 Å². The van der Waals surface area contributed by atoms with Gasteiger partial charge in [0, 0.05) is 25.8 Å². The maximum atomic E-state index is 12.5. The molecule has 1 N–H and O–H groups in total. The number of aromatic amines is 1. The Morgan fingerprint density at radius 3 is 2.68 bits per heavy atom. The van der Waals surface area contributed by atoms with Crippen molar-refractivity contribution in [3.63, 3.8) is 0 Å². The maximum Gasteiger partial charge on any atom is 0.330 e. The van der Waals surface area contributed by atoms with E-state index >= 15 is 0 Å². The molecule has 132 valence electrons. The van der Waals surface area contributed by atoms with Gasteiger partial charge in [-0.3, -0.25) is 14.3 Å². The predicted molar refractivity (Wildman–Crippen MR) is 97.0 cm³/mol. The van der Waals surface area contributed by atoms with Gasteiger partial charge in [-0.05, 0) is 19.4 Å². The summed E-state index contributed by atoms with van der Waals surface area (Å²) in [6.07, 6.45) is 0.770. The lowest BCUT2D eigenvalue weighted by molar-refractivity contribution is 0.188. The third kappa shape index (κ3) is 3.15. The molecular weight excluding hydrogens is 320 g/mol. The minimum absolute atomic E-state index is 0.404. The van der Waals surface area contributed by atoms with Crippen LogP contribution in [0.5, 0.6) is 0 Å². The van der Waals surface area contributed by atoms with Crippen LogP contribution in [-0.4, -0.2) is 32.8 Å². The van der Waals surface area contributed by atoms with Crippen LogP contribution in [0.2, 0.25) is 0 Å². The van der Waals surface area contributed by atoms with Crippen molar-refractivity contribution in [2.45, 2.75) is 33.4 Å². The van der Waals surface area contributed by atoms with Gasteiger partial charge in [0.1, 0.15) is 5.82 Å². The zero-order valence-electron chi connectivity index (χ0n) is 14.7. The van der Waals surface area contributed by atoms with E-state index in [0.717, 1.165) is 17.5 Å². The molecule has 7 heteroatoms. The highest BCUT2D eigenvalue weighted by atomic mass is 16.5. The van der Waals surface area contributed by atoms with Gasteiger partial charge in [0.25, 0.3) is 5.56 Å². The highest BCUT2D eigenvalue weighted by molar-refractivity contribution is 5.77. The van der Waals surface area contributed by atoms with Crippen LogP contribution in [-0.2, 0) is 17.8 Å². The molecule has 0 fully saturated rings. The monoisotopic (exact) mass is 342 g/mol. The van der Waals surface area contributed by atoms with Crippen LogP contribution in [0.15, 0.2) is 33.9 Å². The van der Waals surface area contributed by atoms with E-state index in [1.807, 2.05) is 42.7 Å². The number of hydrogen-bond acceptors (Lipinski definition) is 4.